The molecule has 0 aromatic heterocycles. The number of rotatable bonds is 6. The number of carbonyl (C=O) groups excluding carboxylic acids is 2. The summed E-state index contributed by atoms with van der Waals surface area (Å²) >= 11 is 5.99. The molecule has 2 heterocycles. The number of benzene rings is 2. The summed E-state index contributed by atoms with van der Waals surface area (Å²) in [6.07, 6.45) is 0. The Hall–Kier alpha value is -3.10. The fourth-order valence-electron chi connectivity index (χ4n) is 4.14. The van der Waals surface area contributed by atoms with E-state index in [-0.39, 0.29) is 12.4 Å². The largest absolute Gasteiger partial charge is 0.463 e. The summed E-state index contributed by atoms with van der Waals surface area (Å²) in [5, 5.41) is 6.27. The lowest BCUT2D eigenvalue weighted by Gasteiger charge is -2.38. The maximum Gasteiger partial charge on any atom is 0.338 e. The number of hydrogen-bond acceptors (Lipinski definition) is 5. The number of esters is 1. The van der Waals surface area contributed by atoms with E-state index in [1.54, 1.807) is 19.1 Å². The van der Waals surface area contributed by atoms with Gasteiger partial charge in [0.1, 0.15) is 5.82 Å². The fraction of sp³-hybridized carbons (Fsp3) is 0.333. The molecule has 1 fully saturated rings. The van der Waals surface area contributed by atoms with Crippen LogP contribution >= 0.6 is 11.6 Å². The second kappa shape index (κ2) is 10.2. The van der Waals surface area contributed by atoms with Gasteiger partial charge in [-0.2, -0.15) is 0 Å². The minimum Gasteiger partial charge on any atom is -0.463 e. The van der Waals surface area contributed by atoms with Crippen molar-refractivity contribution in [2.45, 2.75) is 13.0 Å². The van der Waals surface area contributed by atoms with Crippen LogP contribution in [-0.2, 0) is 9.53 Å². The Kier molecular flexibility index (Phi) is 7.15. The Morgan fingerprint density at radius 3 is 2.39 bits per heavy atom. The molecular weight excluding hydrogens is 447 g/mol. The maximum atomic E-state index is 13.4. The van der Waals surface area contributed by atoms with Gasteiger partial charge in [0.15, 0.2) is 0 Å². The van der Waals surface area contributed by atoms with E-state index >= 15 is 0 Å². The number of carbonyl (C=O) groups is 2. The summed E-state index contributed by atoms with van der Waals surface area (Å²) in [5.74, 6) is -0.895. The molecule has 9 heteroatoms. The molecule has 0 saturated carbocycles. The van der Waals surface area contributed by atoms with E-state index in [2.05, 4.69) is 20.4 Å². The Morgan fingerprint density at radius 1 is 1.09 bits per heavy atom. The third-order valence-corrected chi connectivity index (χ3v) is 6.05. The van der Waals surface area contributed by atoms with Gasteiger partial charge in [0.05, 0.1) is 18.2 Å². The smallest absolute Gasteiger partial charge is 0.338 e. The molecule has 0 unspecified atom stereocenters. The van der Waals surface area contributed by atoms with Crippen molar-refractivity contribution in [3.63, 3.8) is 0 Å². The second-order valence-corrected chi connectivity index (χ2v) is 8.37. The number of nitrogens with zero attached hydrogens (tertiary/aromatic N) is 2. The zero-order chi connectivity index (χ0) is 23.4. The summed E-state index contributed by atoms with van der Waals surface area (Å²) in [7, 11) is 0. The van der Waals surface area contributed by atoms with Gasteiger partial charge in [-0.25, -0.2) is 14.0 Å². The molecule has 2 N–H and O–H groups in total. The molecule has 4 rings (SSSR count). The third-order valence-electron chi connectivity index (χ3n) is 5.80. The minimum atomic E-state index is -0.719. The van der Waals surface area contributed by atoms with Gasteiger partial charge in [0.2, 0.25) is 0 Å². The summed E-state index contributed by atoms with van der Waals surface area (Å²) in [6.45, 7) is 5.46. The van der Waals surface area contributed by atoms with Gasteiger partial charge in [-0.15, -0.1) is 0 Å². The Labute approximate surface area is 197 Å². The predicted octanol–water partition coefficient (Wildman–Crippen LogP) is 3.47. The van der Waals surface area contributed by atoms with Gasteiger partial charge in [0, 0.05) is 49.1 Å². The normalized spacial score (nSPS) is 19.2. The van der Waals surface area contributed by atoms with Crippen LogP contribution in [0.15, 0.2) is 59.8 Å². The highest BCUT2D eigenvalue weighted by atomic mass is 35.5. The zero-order valence-electron chi connectivity index (χ0n) is 18.3. The van der Waals surface area contributed by atoms with Crippen LogP contribution in [0.1, 0.15) is 18.5 Å². The number of hydrogen-bond donors (Lipinski definition) is 2. The summed E-state index contributed by atoms with van der Waals surface area (Å²) in [6, 6.07) is 12.4. The van der Waals surface area contributed by atoms with Crippen molar-refractivity contribution >= 4 is 29.3 Å². The molecule has 2 aliphatic rings. The van der Waals surface area contributed by atoms with E-state index in [1.807, 2.05) is 24.3 Å². The summed E-state index contributed by atoms with van der Waals surface area (Å²) < 4.78 is 18.7. The van der Waals surface area contributed by atoms with Gasteiger partial charge in [-0.1, -0.05) is 23.7 Å². The number of ether oxygens (including phenoxy) is 1. The van der Waals surface area contributed by atoms with Crippen molar-refractivity contribution in [2.24, 2.45) is 0 Å². The van der Waals surface area contributed by atoms with Crippen molar-refractivity contribution in [1.82, 2.24) is 15.5 Å². The van der Waals surface area contributed by atoms with E-state index in [9.17, 15) is 14.0 Å². The topological polar surface area (TPSA) is 73.9 Å². The van der Waals surface area contributed by atoms with Crippen molar-refractivity contribution < 1.29 is 18.7 Å². The van der Waals surface area contributed by atoms with Crippen LogP contribution in [0, 0.1) is 5.82 Å². The van der Waals surface area contributed by atoms with Crippen LogP contribution in [0.5, 0.6) is 0 Å². The zero-order valence-corrected chi connectivity index (χ0v) is 19.1. The number of nitrogens with one attached hydrogen (secondary N) is 2. The number of anilines is 1. The quantitative estimate of drug-likeness (QED) is 0.630. The van der Waals surface area contributed by atoms with E-state index in [4.69, 9.17) is 16.3 Å². The average Bonchev–Trinajstić information content (AvgIpc) is 2.80. The van der Waals surface area contributed by atoms with Crippen molar-refractivity contribution in [3.05, 3.63) is 76.2 Å². The minimum absolute atomic E-state index is 0.208. The second-order valence-electron chi connectivity index (χ2n) is 7.94. The maximum absolute atomic E-state index is 13.4. The first-order chi connectivity index (χ1) is 15.9. The highest BCUT2D eigenvalue weighted by molar-refractivity contribution is 6.30. The van der Waals surface area contributed by atoms with Crippen LogP contribution in [0.2, 0.25) is 5.02 Å². The molecule has 2 aromatic carbocycles. The Balaban J connectivity index is 1.54. The fourth-order valence-corrected chi connectivity index (χ4v) is 4.26. The SMILES string of the molecule is CCOC(=O)C1=C(CN2CCN(c3ccc(Cl)cc3)CC2)NC(=O)N[C@@H]1c1ccc(F)cc1. The number of piperazine rings is 1. The lowest BCUT2D eigenvalue weighted by molar-refractivity contribution is -0.139. The van der Waals surface area contributed by atoms with Crippen molar-refractivity contribution in [1.29, 1.82) is 0 Å². The molecule has 2 amide bonds. The van der Waals surface area contributed by atoms with Gasteiger partial charge >= 0.3 is 12.0 Å². The van der Waals surface area contributed by atoms with Crippen LogP contribution in [0.4, 0.5) is 14.9 Å². The van der Waals surface area contributed by atoms with Gasteiger partial charge < -0.3 is 20.3 Å². The molecule has 1 saturated heterocycles. The lowest BCUT2D eigenvalue weighted by atomic mass is 9.95. The molecule has 0 radical (unpaired) electrons. The molecule has 2 aromatic rings. The Bertz CT molecular complexity index is 1030. The highest BCUT2D eigenvalue weighted by Gasteiger charge is 2.34. The number of halogens is 2. The standard InChI is InChI=1S/C24H26ClFN4O3/c1-2-33-23(31)21-20(27-24(32)28-22(21)16-3-7-18(26)8-4-16)15-29-11-13-30(14-12-29)19-9-5-17(25)6-10-19/h3-10,22H,2,11-15H2,1H3,(H2,27,28,32)/t22-/m1/s1. The first-order valence-corrected chi connectivity index (χ1v) is 11.3. The first-order valence-electron chi connectivity index (χ1n) is 10.9. The van der Waals surface area contributed by atoms with E-state index in [0.29, 0.717) is 28.4 Å². The highest BCUT2D eigenvalue weighted by Crippen LogP contribution is 2.29. The predicted molar refractivity (Wildman–Crippen MR) is 125 cm³/mol. The molecule has 174 valence electrons. The molecule has 7 nitrogen and oxygen atoms in total. The summed E-state index contributed by atoms with van der Waals surface area (Å²) in [5.41, 5.74) is 2.56. The molecule has 1 atom stereocenters. The van der Waals surface area contributed by atoms with Crippen molar-refractivity contribution in [2.75, 3.05) is 44.2 Å². The lowest BCUT2D eigenvalue weighted by Crippen LogP contribution is -2.51. The van der Waals surface area contributed by atoms with E-state index < -0.39 is 18.0 Å². The van der Waals surface area contributed by atoms with Crippen LogP contribution < -0.4 is 15.5 Å². The van der Waals surface area contributed by atoms with Gasteiger partial charge in [-0.3, -0.25) is 4.90 Å². The average molecular weight is 473 g/mol. The van der Waals surface area contributed by atoms with Crippen molar-refractivity contribution in [3.8, 4) is 0 Å². The summed E-state index contributed by atoms with van der Waals surface area (Å²) in [4.78, 5) is 29.8. The molecule has 33 heavy (non-hydrogen) atoms. The van der Waals surface area contributed by atoms with E-state index in [0.717, 1.165) is 31.9 Å². The van der Waals surface area contributed by atoms with Crippen LogP contribution in [0.25, 0.3) is 0 Å². The molecular formula is C24H26ClFN4O3. The van der Waals surface area contributed by atoms with Crippen LogP contribution in [0.3, 0.4) is 0 Å². The first kappa shape index (κ1) is 23.1. The number of amides is 2. The molecule has 2 aliphatic heterocycles. The molecule has 0 aliphatic carbocycles. The van der Waals surface area contributed by atoms with E-state index in [1.165, 1.54) is 12.1 Å². The van der Waals surface area contributed by atoms with Crippen LogP contribution in [-0.4, -0.2) is 56.2 Å². The Morgan fingerprint density at radius 2 is 1.76 bits per heavy atom. The third kappa shape index (κ3) is 5.46. The monoisotopic (exact) mass is 472 g/mol. The van der Waals surface area contributed by atoms with Gasteiger partial charge in [0.25, 0.3) is 0 Å². The molecule has 0 spiro atoms. The molecule has 0 bridgehead atoms. The van der Waals surface area contributed by atoms with Gasteiger partial charge in [-0.05, 0) is 48.9 Å². The number of urea groups is 1.